The molecule has 1 aliphatic heterocycles. The van der Waals surface area contributed by atoms with Crippen LogP contribution in [0.3, 0.4) is 0 Å². The van der Waals surface area contributed by atoms with Crippen molar-refractivity contribution in [2.75, 3.05) is 11.9 Å². The number of rotatable bonds is 8. The van der Waals surface area contributed by atoms with Gasteiger partial charge < -0.3 is 10.1 Å². The molecule has 0 saturated carbocycles. The first-order chi connectivity index (χ1) is 19.1. The van der Waals surface area contributed by atoms with Crippen molar-refractivity contribution in [3.8, 4) is 22.9 Å². The normalized spacial score (nSPS) is 16.1. The second-order valence-corrected chi connectivity index (χ2v) is 11.2. The number of aryl methyl sites for hydroxylation is 1. The molecule has 1 saturated heterocycles. The summed E-state index contributed by atoms with van der Waals surface area (Å²) in [6.07, 6.45) is 0.313. The molecule has 3 heterocycles. The lowest BCUT2D eigenvalue weighted by Crippen LogP contribution is -2.35. The lowest BCUT2D eigenvalue weighted by atomic mass is 9.95. The number of anilines is 1. The van der Waals surface area contributed by atoms with E-state index in [1.807, 2.05) is 12.1 Å². The Kier molecular flexibility index (Phi) is 8.04. The summed E-state index contributed by atoms with van der Waals surface area (Å²) in [6.45, 7) is 6.74. The Bertz CT molecular complexity index is 1520. The number of thiazole rings is 1. The van der Waals surface area contributed by atoms with Crippen molar-refractivity contribution in [1.82, 2.24) is 19.9 Å². The van der Waals surface area contributed by atoms with Crippen molar-refractivity contribution in [1.29, 1.82) is 0 Å². The van der Waals surface area contributed by atoms with Gasteiger partial charge in [-0.2, -0.15) is 13.2 Å². The number of carbonyl (C=O) groups is 1. The Morgan fingerprint density at radius 3 is 2.77 bits per heavy atom. The number of benzene rings is 2. The third-order valence-electron chi connectivity index (χ3n) is 7.06. The van der Waals surface area contributed by atoms with Crippen molar-refractivity contribution in [3.63, 3.8) is 0 Å². The highest BCUT2D eigenvalue weighted by Crippen LogP contribution is 2.37. The number of carbonyl (C=O) groups excluding carboxylic acids is 1. The maximum absolute atomic E-state index is 13.6. The van der Waals surface area contributed by atoms with E-state index in [0.717, 1.165) is 36.6 Å². The molecule has 1 fully saturated rings. The van der Waals surface area contributed by atoms with Crippen LogP contribution in [0.15, 0.2) is 48.8 Å². The molecule has 4 aromatic rings. The molecule has 1 aliphatic rings. The van der Waals surface area contributed by atoms with Gasteiger partial charge in [-0.1, -0.05) is 23.5 Å². The molecular weight excluding hydrogens is 539 g/mol. The summed E-state index contributed by atoms with van der Waals surface area (Å²) in [4.78, 5) is 27.0. The lowest BCUT2D eigenvalue weighted by Gasteiger charge is -2.28. The van der Waals surface area contributed by atoms with Gasteiger partial charge in [0.05, 0.1) is 16.0 Å². The molecule has 210 valence electrons. The SMILES string of the molecule is CC(=O)Nc1nc2c(Oc3cc(-c4ccc(C(F)(F)F)cc4CC[C@@H]4CCCN4C(C)C)ncn3)cccc2s1. The summed E-state index contributed by atoms with van der Waals surface area (Å²) in [7, 11) is 0. The topological polar surface area (TPSA) is 80.2 Å². The van der Waals surface area contributed by atoms with E-state index in [1.54, 1.807) is 12.1 Å². The van der Waals surface area contributed by atoms with Crippen LogP contribution in [0, 0.1) is 0 Å². The number of halogens is 3. The molecule has 0 aliphatic carbocycles. The van der Waals surface area contributed by atoms with Gasteiger partial charge in [0.2, 0.25) is 11.8 Å². The van der Waals surface area contributed by atoms with Crippen LogP contribution in [0.2, 0.25) is 0 Å². The predicted octanol–water partition coefficient (Wildman–Crippen LogP) is 7.33. The van der Waals surface area contributed by atoms with Crippen molar-refractivity contribution in [3.05, 3.63) is 59.9 Å². The summed E-state index contributed by atoms with van der Waals surface area (Å²) in [5.74, 6) is 0.455. The first kappa shape index (κ1) is 28.0. The number of likely N-dealkylation sites (tertiary alicyclic amines) is 1. The van der Waals surface area contributed by atoms with E-state index in [0.29, 0.717) is 51.7 Å². The lowest BCUT2D eigenvalue weighted by molar-refractivity contribution is -0.137. The molecular formula is C29H30F3N5O2S. The standard InChI is InChI=1S/C29H30F3N5O2S/c1-17(2)37-13-5-6-21(37)11-9-19-14-20(29(30,31)32)10-12-22(19)23-15-26(34-16-33-23)39-24-7-4-8-25-27(24)36-28(40-25)35-18(3)38/h4,7-8,10,12,14-17,21H,5-6,9,11,13H2,1-3H3,(H,35,36,38)/t21-/m0/s1. The van der Waals surface area contributed by atoms with Crippen molar-refractivity contribution in [2.45, 2.75) is 64.7 Å². The molecule has 1 amide bonds. The van der Waals surface area contributed by atoms with Gasteiger partial charge in [0.25, 0.3) is 0 Å². The second-order valence-electron chi connectivity index (χ2n) is 10.2. The molecule has 0 radical (unpaired) electrons. The molecule has 7 nitrogen and oxygen atoms in total. The van der Waals surface area contributed by atoms with Crippen molar-refractivity contribution >= 4 is 32.6 Å². The van der Waals surface area contributed by atoms with Crippen molar-refractivity contribution in [2.24, 2.45) is 0 Å². The molecule has 1 atom stereocenters. The number of nitrogens with one attached hydrogen (secondary N) is 1. The molecule has 40 heavy (non-hydrogen) atoms. The summed E-state index contributed by atoms with van der Waals surface area (Å²) in [6, 6.07) is 11.6. The summed E-state index contributed by atoms with van der Waals surface area (Å²) in [5, 5.41) is 3.14. The summed E-state index contributed by atoms with van der Waals surface area (Å²) < 4.78 is 47.8. The van der Waals surface area contributed by atoms with Gasteiger partial charge in [0.1, 0.15) is 11.8 Å². The maximum Gasteiger partial charge on any atom is 0.416 e. The number of nitrogens with zero attached hydrogens (tertiary/aromatic N) is 4. The molecule has 11 heteroatoms. The van der Waals surface area contributed by atoms with Crippen LogP contribution < -0.4 is 10.1 Å². The molecule has 5 rings (SSSR count). The Morgan fingerprint density at radius 1 is 1.20 bits per heavy atom. The number of ether oxygens (including phenoxy) is 1. The van der Waals surface area contributed by atoms with Gasteiger partial charge in [-0.15, -0.1) is 0 Å². The third kappa shape index (κ3) is 6.26. The fourth-order valence-electron chi connectivity index (χ4n) is 5.26. The van der Waals surface area contributed by atoms with Crippen LogP contribution in [-0.2, 0) is 17.4 Å². The highest BCUT2D eigenvalue weighted by atomic mass is 32.1. The van der Waals surface area contributed by atoms with Crippen LogP contribution >= 0.6 is 11.3 Å². The maximum atomic E-state index is 13.6. The number of alkyl halides is 3. The minimum atomic E-state index is -4.44. The first-order valence-corrected chi connectivity index (χ1v) is 14.0. The van der Waals surface area contributed by atoms with Crippen LogP contribution in [0.1, 0.15) is 51.2 Å². The molecule has 0 unspecified atom stereocenters. The fraction of sp³-hybridized carbons (Fsp3) is 0.379. The average molecular weight is 570 g/mol. The van der Waals surface area contributed by atoms with E-state index in [4.69, 9.17) is 4.74 Å². The number of para-hydroxylation sites is 1. The van der Waals surface area contributed by atoms with Crippen molar-refractivity contribution < 1.29 is 22.7 Å². The minimum absolute atomic E-state index is 0.223. The van der Waals surface area contributed by atoms with E-state index < -0.39 is 11.7 Å². The first-order valence-electron chi connectivity index (χ1n) is 13.2. The van der Waals surface area contributed by atoms with E-state index in [-0.39, 0.29) is 11.8 Å². The van der Waals surface area contributed by atoms with E-state index in [9.17, 15) is 18.0 Å². The number of amides is 1. The largest absolute Gasteiger partial charge is 0.437 e. The fourth-order valence-corrected chi connectivity index (χ4v) is 6.19. The second kappa shape index (κ2) is 11.5. The molecule has 1 N–H and O–H groups in total. The van der Waals surface area contributed by atoms with Crippen LogP contribution in [0.25, 0.3) is 21.5 Å². The molecule has 0 bridgehead atoms. The Labute approximate surface area is 234 Å². The van der Waals surface area contributed by atoms with Crippen LogP contribution in [-0.4, -0.2) is 44.4 Å². The predicted molar refractivity (Wildman–Crippen MR) is 150 cm³/mol. The number of aromatic nitrogens is 3. The van der Waals surface area contributed by atoms with Gasteiger partial charge in [-0.05, 0) is 75.9 Å². The zero-order valence-corrected chi connectivity index (χ0v) is 23.3. The smallest absolute Gasteiger partial charge is 0.416 e. The molecule has 0 spiro atoms. The van der Waals surface area contributed by atoms with Crippen LogP contribution in [0.4, 0.5) is 18.3 Å². The zero-order chi connectivity index (χ0) is 28.4. The monoisotopic (exact) mass is 569 g/mol. The number of hydrogen-bond acceptors (Lipinski definition) is 7. The average Bonchev–Trinajstić information content (AvgIpc) is 3.54. The van der Waals surface area contributed by atoms with Gasteiger partial charge in [-0.3, -0.25) is 9.69 Å². The zero-order valence-electron chi connectivity index (χ0n) is 22.5. The Balaban J connectivity index is 1.44. The summed E-state index contributed by atoms with van der Waals surface area (Å²) in [5.41, 5.74) is 1.59. The van der Waals surface area contributed by atoms with E-state index >= 15 is 0 Å². The Morgan fingerprint density at radius 2 is 2.02 bits per heavy atom. The summed E-state index contributed by atoms with van der Waals surface area (Å²) >= 11 is 1.32. The number of fused-ring (bicyclic) bond motifs is 1. The number of hydrogen-bond donors (Lipinski definition) is 1. The van der Waals surface area contributed by atoms with E-state index in [2.05, 4.69) is 39.0 Å². The Hall–Kier alpha value is -3.57. The third-order valence-corrected chi connectivity index (χ3v) is 8.00. The minimum Gasteiger partial charge on any atom is -0.437 e. The highest BCUT2D eigenvalue weighted by molar-refractivity contribution is 7.22. The van der Waals surface area contributed by atoms with Crippen LogP contribution in [0.5, 0.6) is 11.6 Å². The highest BCUT2D eigenvalue weighted by Gasteiger charge is 2.32. The van der Waals surface area contributed by atoms with Gasteiger partial charge in [0, 0.05) is 30.6 Å². The van der Waals surface area contributed by atoms with Gasteiger partial charge in [0.15, 0.2) is 10.9 Å². The van der Waals surface area contributed by atoms with E-state index in [1.165, 1.54) is 36.7 Å². The molecule has 2 aromatic carbocycles. The molecule has 2 aromatic heterocycles. The van der Waals surface area contributed by atoms with Gasteiger partial charge in [-0.25, -0.2) is 15.0 Å². The van der Waals surface area contributed by atoms with Gasteiger partial charge >= 0.3 is 6.18 Å². The quantitative estimate of drug-likeness (QED) is 0.239.